The number of hydrogen-bond acceptors (Lipinski definition) is 3. The summed E-state index contributed by atoms with van der Waals surface area (Å²) in [4.78, 5) is 5.08. The van der Waals surface area contributed by atoms with E-state index in [1.807, 2.05) is 0 Å². The molecule has 1 aliphatic carbocycles. The Labute approximate surface area is 104 Å². The van der Waals surface area contributed by atoms with E-state index in [0.29, 0.717) is 6.04 Å². The first-order chi connectivity index (χ1) is 8.25. The van der Waals surface area contributed by atoms with Crippen LogP contribution in [-0.4, -0.2) is 47.1 Å². The first-order valence-electron chi connectivity index (χ1n) is 7.17. The lowest BCUT2D eigenvalue weighted by molar-refractivity contribution is 0.112. The smallest absolute Gasteiger partial charge is 0.123 e. The predicted molar refractivity (Wildman–Crippen MR) is 67.6 cm³/mol. The van der Waals surface area contributed by atoms with Crippen LogP contribution in [0.1, 0.15) is 45.4 Å². The fourth-order valence-electron chi connectivity index (χ4n) is 3.73. The van der Waals surface area contributed by atoms with E-state index in [-0.39, 0.29) is 5.54 Å². The molecule has 0 amide bonds. The van der Waals surface area contributed by atoms with Gasteiger partial charge in [0.15, 0.2) is 0 Å². The van der Waals surface area contributed by atoms with Crippen molar-refractivity contribution in [3.63, 3.8) is 0 Å². The van der Waals surface area contributed by atoms with Gasteiger partial charge in [0.2, 0.25) is 0 Å². The van der Waals surface area contributed by atoms with Gasteiger partial charge >= 0.3 is 0 Å². The highest BCUT2D eigenvalue weighted by Crippen LogP contribution is 2.40. The van der Waals surface area contributed by atoms with Crippen molar-refractivity contribution in [1.82, 2.24) is 9.80 Å². The van der Waals surface area contributed by atoms with Crippen LogP contribution < -0.4 is 0 Å². The molecule has 2 atom stereocenters. The molecule has 0 aromatic carbocycles. The Morgan fingerprint density at radius 2 is 1.88 bits per heavy atom. The number of likely N-dealkylation sites (tertiary alicyclic amines) is 2. The average molecular weight is 233 g/mol. The molecule has 0 N–H and O–H groups in total. The van der Waals surface area contributed by atoms with Crippen molar-refractivity contribution in [3.05, 3.63) is 0 Å². The lowest BCUT2D eigenvalue weighted by Gasteiger charge is -2.38. The Kier molecular flexibility index (Phi) is 2.88. The number of nitriles is 1. The van der Waals surface area contributed by atoms with Gasteiger partial charge in [-0.05, 0) is 52.1 Å². The maximum Gasteiger partial charge on any atom is 0.123 e. The lowest BCUT2D eigenvalue weighted by Crippen LogP contribution is -2.51. The molecule has 17 heavy (non-hydrogen) atoms. The van der Waals surface area contributed by atoms with Crippen LogP contribution in [0.2, 0.25) is 0 Å². The van der Waals surface area contributed by atoms with E-state index in [4.69, 9.17) is 0 Å². The van der Waals surface area contributed by atoms with Crippen molar-refractivity contribution in [2.75, 3.05) is 19.6 Å². The normalized spacial score (nSPS) is 40.4. The molecule has 2 saturated heterocycles. The van der Waals surface area contributed by atoms with Gasteiger partial charge in [0, 0.05) is 18.6 Å². The lowest BCUT2D eigenvalue weighted by atomic mass is 9.93. The molecule has 94 valence electrons. The molecule has 3 heteroatoms. The van der Waals surface area contributed by atoms with Gasteiger partial charge in [-0.2, -0.15) is 5.26 Å². The van der Waals surface area contributed by atoms with Crippen LogP contribution >= 0.6 is 0 Å². The van der Waals surface area contributed by atoms with Crippen LogP contribution in [0, 0.1) is 11.3 Å². The SMILES string of the molecule is CC1CC(C#N)(N2CCCCC2)CN1C1CC1. The Morgan fingerprint density at radius 1 is 1.18 bits per heavy atom. The molecule has 0 aromatic heterocycles. The van der Waals surface area contributed by atoms with E-state index < -0.39 is 0 Å². The van der Waals surface area contributed by atoms with Gasteiger partial charge in [-0.25, -0.2) is 0 Å². The summed E-state index contributed by atoms with van der Waals surface area (Å²) in [5.74, 6) is 0. The van der Waals surface area contributed by atoms with Gasteiger partial charge in [0.1, 0.15) is 5.54 Å². The summed E-state index contributed by atoms with van der Waals surface area (Å²) in [6, 6.07) is 4.07. The van der Waals surface area contributed by atoms with Gasteiger partial charge < -0.3 is 0 Å². The molecule has 0 spiro atoms. The van der Waals surface area contributed by atoms with Crippen LogP contribution in [0.5, 0.6) is 0 Å². The van der Waals surface area contributed by atoms with E-state index in [0.717, 1.165) is 32.1 Å². The van der Waals surface area contributed by atoms with E-state index in [9.17, 15) is 5.26 Å². The quantitative estimate of drug-likeness (QED) is 0.730. The molecular formula is C14H23N3. The summed E-state index contributed by atoms with van der Waals surface area (Å²) in [6.07, 6.45) is 7.67. The van der Waals surface area contributed by atoms with Crippen molar-refractivity contribution in [2.24, 2.45) is 0 Å². The van der Waals surface area contributed by atoms with Gasteiger partial charge in [-0.1, -0.05) is 6.42 Å². The fraction of sp³-hybridized carbons (Fsp3) is 0.929. The number of rotatable bonds is 2. The van der Waals surface area contributed by atoms with Gasteiger partial charge in [-0.15, -0.1) is 0 Å². The molecule has 0 aromatic rings. The molecule has 3 fully saturated rings. The number of piperidine rings is 1. The highest BCUT2D eigenvalue weighted by molar-refractivity contribution is 5.17. The molecule has 0 bridgehead atoms. The summed E-state index contributed by atoms with van der Waals surface area (Å²) in [5.41, 5.74) is -0.164. The minimum absolute atomic E-state index is 0.164. The topological polar surface area (TPSA) is 30.3 Å². The summed E-state index contributed by atoms with van der Waals surface area (Å²) in [5, 5.41) is 9.69. The predicted octanol–water partition coefficient (Wildman–Crippen LogP) is 1.99. The van der Waals surface area contributed by atoms with Crippen LogP contribution in [-0.2, 0) is 0 Å². The molecule has 2 aliphatic heterocycles. The third-order valence-corrected chi connectivity index (χ3v) is 4.83. The highest BCUT2D eigenvalue weighted by atomic mass is 15.3. The molecule has 3 aliphatic rings. The summed E-state index contributed by atoms with van der Waals surface area (Å²) in [6.45, 7) is 5.58. The fourth-order valence-corrected chi connectivity index (χ4v) is 3.73. The first kappa shape index (κ1) is 11.5. The van der Waals surface area contributed by atoms with E-state index in [1.54, 1.807) is 0 Å². The zero-order valence-electron chi connectivity index (χ0n) is 10.9. The van der Waals surface area contributed by atoms with Crippen LogP contribution in [0.25, 0.3) is 0 Å². The Balaban J connectivity index is 1.76. The summed E-state index contributed by atoms with van der Waals surface area (Å²) >= 11 is 0. The van der Waals surface area contributed by atoms with Crippen molar-refractivity contribution >= 4 is 0 Å². The van der Waals surface area contributed by atoms with Crippen LogP contribution in [0.4, 0.5) is 0 Å². The van der Waals surface area contributed by atoms with E-state index >= 15 is 0 Å². The maximum atomic E-state index is 9.69. The molecule has 2 unspecified atom stereocenters. The second-order valence-corrected chi connectivity index (χ2v) is 6.15. The second-order valence-electron chi connectivity index (χ2n) is 6.15. The second kappa shape index (κ2) is 4.26. The average Bonchev–Trinajstić information content (AvgIpc) is 3.15. The number of nitrogens with zero attached hydrogens (tertiary/aromatic N) is 3. The van der Waals surface area contributed by atoms with Crippen molar-refractivity contribution in [2.45, 2.75) is 63.1 Å². The standard InChI is InChI=1S/C14H23N3/c1-12-9-14(10-15,11-17(12)13-5-6-13)16-7-3-2-4-8-16/h12-13H,2-9,11H2,1H3. The van der Waals surface area contributed by atoms with Crippen molar-refractivity contribution in [3.8, 4) is 6.07 Å². The van der Waals surface area contributed by atoms with E-state index in [1.165, 1.54) is 32.1 Å². The summed E-state index contributed by atoms with van der Waals surface area (Å²) < 4.78 is 0. The minimum Gasteiger partial charge on any atom is -0.295 e. The monoisotopic (exact) mass is 233 g/mol. The van der Waals surface area contributed by atoms with Gasteiger partial charge in [-0.3, -0.25) is 9.80 Å². The van der Waals surface area contributed by atoms with Gasteiger partial charge in [0.05, 0.1) is 6.07 Å². The third kappa shape index (κ3) is 1.98. The molecule has 2 heterocycles. The molecular weight excluding hydrogens is 210 g/mol. The Morgan fingerprint density at radius 3 is 2.47 bits per heavy atom. The third-order valence-electron chi connectivity index (χ3n) is 4.83. The maximum absolute atomic E-state index is 9.69. The zero-order valence-corrected chi connectivity index (χ0v) is 10.9. The first-order valence-corrected chi connectivity index (χ1v) is 7.17. The number of hydrogen-bond donors (Lipinski definition) is 0. The van der Waals surface area contributed by atoms with Crippen molar-refractivity contribution in [1.29, 1.82) is 5.26 Å². The van der Waals surface area contributed by atoms with Crippen LogP contribution in [0.3, 0.4) is 0 Å². The molecule has 1 saturated carbocycles. The molecule has 0 radical (unpaired) electrons. The Hall–Kier alpha value is -0.590. The zero-order chi connectivity index (χ0) is 11.9. The highest BCUT2D eigenvalue weighted by Gasteiger charge is 2.50. The van der Waals surface area contributed by atoms with Crippen LogP contribution in [0.15, 0.2) is 0 Å². The molecule has 3 nitrogen and oxygen atoms in total. The van der Waals surface area contributed by atoms with E-state index in [2.05, 4.69) is 22.8 Å². The summed E-state index contributed by atoms with van der Waals surface area (Å²) in [7, 11) is 0. The van der Waals surface area contributed by atoms with Gasteiger partial charge in [0.25, 0.3) is 0 Å². The largest absolute Gasteiger partial charge is 0.295 e. The Bertz CT molecular complexity index is 325. The molecule has 3 rings (SSSR count). The minimum atomic E-state index is -0.164. The van der Waals surface area contributed by atoms with Crippen molar-refractivity contribution < 1.29 is 0 Å².